The van der Waals surface area contributed by atoms with Crippen LogP contribution in [0.5, 0.6) is 5.75 Å². The molecule has 11 heteroatoms. The highest BCUT2D eigenvalue weighted by Crippen LogP contribution is 2.28. The third-order valence-electron chi connectivity index (χ3n) is 4.77. The van der Waals surface area contributed by atoms with Crippen LogP contribution in [0.2, 0.25) is 0 Å². The molecule has 35 heavy (non-hydrogen) atoms. The lowest BCUT2D eigenvalue weighted by atomic mass is 10.2. The number of halogens is 4. The van der Waals surface area contributed by atoms with Crippen LogP contribution in [0, 0.1) is 19.9 Å². The van der Waals surface area contributed by atoms with Crippen molar-refractivity contribution >= 4 is 89.8 Å². The molecule has 0 spiro atoms. The van der Waals surface area contributed by atoms with E-state index in [0.29, 0.717) is 28.2 Å². The van der Waals surface area contributed by atoms with Gasteiger partial charge < -0.3 is 10.1 Å². The lowest BCUT2D eigenvalue weighted by Gasteiger charge is -2.12. The zero-order valence-electron chi connectivity index (χ0n) is 18.1. The molecule has 4 rings (SSSR count). The minimum atomic E-state index is -0.435. The van der Waals surface area contributed by atoms with E-state index >= 15 is 0 Å². The Bertz CT molecular complexity index is 1520. The number of carbonyl (C=O) groups excluding carboxylic acids is 1. The van der Waals surface area contributed by atoms with Crippen LogP contribution in [0.3, 0.4) is 0 Å². The van der Waals surface area contributed by atoms with Gasteiger partial charge in [-0.3, -0.25) is 9.59 Å². The fourth-order valence-electron chi connectivity index (χ4n) is 3.21. The van der Waals surface area contributed by atoms with Gasteiger partial charge in [0.25, 0.3) is 11.5 Å². The number of amides is 1. The number of carbonyl (C=O) groups is 1. The summed E-state index contributed by atoms with van der Waals surface area (Å²) >= 11 is 7.60. The second kappa shape index (κ2) is 11.1. The second-order valence-electron chi connectivity index (χ2n) is 7.34. The maximum atomic E-state index is 13.3. The minimum absolute atomic E-state index is 0.233. The van der Waals surface area contributed by atoms with Gasteiger partial charge in [0.2, 0.25) is 0 Å². The maximum absolute atomic E-state index is 13.3. The quantitative estimate of drug-likeness (QED) is 0.202. The van der Waals surface area contributed by atoms with Gasteiger partial charge >= 0.3 is 0 Å². The largest absolute Gasteiger partial charge is 0.482 e. The topological polar surface area (TPSA) is 85.6 Å². The second-order valence-corrected chi connectivity index (χ2v) is 10.6. The molecule has 0 aliphatic rings. The van der Waals surface area contributed by atoms with Gasteiger partial charge in [-0.15, -0.1) is 0 Å². The molecule has 178 valence electrons. The molecule has 0 radical (unpaired) electrons. The van der Waals surface area contributed by atoms with Crippen LogP contribution >= 0.6 is 61.1 Å². The third-order valence-corrected chi connectivity index (χ3v) is 6.86. The van der Waals surface area contributed by atoms with Gasteiger partial charge in [-0.05, 0) is 106 Å². The number of hydrogen-bond donors (Lipinski definition) is 1. The summed E-state index contributed by atoms with van der Waals surface area (Å²) in [5.74, 6) is 0.172. The number of nitrogens with one attached hydrogen (secondary N) is 1. The van der Waals surface area contributed by atoms with Crippen LogP contribution in [0.25, 0.3) is 10.9 Å². The number of aromatic nitrogens is 2. The highest BCUT2D eigenvalue weighted by atomic mass is 127. The van der Waals surface area contributed by atoms with Crippen molar-refractivity contribution in [2.45, 2.75) is 6.92 Å². The van der Waals surface area contributed by atoms with Gasteiger partial charge in [0.1, 0.15) is 17.4 Å². The number of ether oxygens (including phenoxy) is 1. The molecule has 0 aliphatic heterocycles. The van der Waals surface area contributed by atoms with Crippen molar-refractivity contribution in [1.29, 1.82) is 0 Å². The fraction of sp³-hybridized carbons (Fsp3) is 0.0833. The molecule has 0 unspecified atom stereocenters. The lowest BCUT2D eigenvalue weighted by Crippen LogP contribution is -2.21. The van der Waals surface area contributed by atoms with E-state index in [1.165, 1.54) is 22.9 Å². The summed E-state index contributed by atoms with van der Waals surface area (Å²) in [5.41, 5.74) is 1.44. The normalized spacial score (nSPS) is 11.2. The minimum Gasteiger partial charge on any atom is -0.482 e. The van der Waals surface area contributed by atoms with E-state index in [4.69, 9.17) is 4.74 Å². The third kappa shape index (κ3) is 6.25. The Hall–Kier alpha value is -2.39. The van der Waals surface area contributed by atoms with Gasteiger partial charge in [-0.25, -0.2) is 9.37 Å². The molecule has 3 aromatic carbocycles. The predicted molar refractivity (Wildman–Crippen MR) is 154 cm³/mol. The van der Waals surface area contributed by atoms with E-state index < -0.39 is 11.7 Å². The summed E-state index contributed by atoms with van der Waals surface area (Å²) in [5, 5.41) is 7.42. The van der Waals surface area contributed by atoms with E-state index in [1.807, 2.05) is 18.2 Å². The summed E-state index contributed by atoms with van der Waals surface area (Å²) < 4.78 is 22.6. The van der Waals surface area contributed by atoms with Crippen LogP contribution in [0.15, 0.2) is 69.0 Å². The lowest BCUT2D eigenvalue weighted by molar-refractivity contribution is -0.118. The number of anilines is 1. The highest BCUT2D eigenvalue weighted by Gasteiger charge is 2.12. The molecule has 0 fully saturated rings. The van der Waals surface area contributed by atoms with Crippen molar-refractivity contribution in [2.75, 3.05) is 11.9 Å². The highest BCUT2D eigenvalue weighted by molar-refractivity contribution is 14.1. The van der Waals surface area contributed by atoms with E-state index in [2.05, 4.69) is 76.5 Å². The number of benzene rings is 3. The van der Waals surface area contributed by atoms with Crippen molar-refractivity contribution in [3.05, 3.63) is 93.8 Å². The van der Waals surface area contributed by atoms with Gasteiger partial charge in [0.15, 0.2) is 6.61 Å². The Morgan fingerprint density at radius 1 is 1.20 bits per heavy atom. The monoisotopic (exact) mass is 760 g/mol. The molecule has 4 aromatic rings. The summed E-state index contributed by atoms with van der Waals surface area (Å²) in [6.45, 7) is 1.49. The average Bonchev–Trinajstić information content (AvgIpc) is 2.79. The Balaban J connectivity index is 1.51. The first kappa shape index (κ1) is 25.7. The molecule has 1 aromatic heterocycles. The first-order valence-electron chi connectivity index (χ1n) is 10.1. The zero-order chi connectivity index (χ0) is 25.1. The zero-order valence-corrected chi connectivity index (χ0v) is 24.0. The molecular formula is C24H16BrFI2N4O3. The van der Waals surface area contributed by atoms with Crippen LogP contribution in [-0.2, 0) is 4.79 Å². The van der Waals surface area contributed by atoms with Gasteiger partial charge in [-0.2, -0.15) is 9.78 Å². The summed E-state index contributed by atoms with van der Waals surface area (Å²) in [4.78, 5) is 29.6. The van der Waals surface area contributed by atoms with Crippen LogP contribution in [0.1, 0.15) is 11.4 Å². The number of fused-ring (bicyclic) bond motifs is 1. The van der Waals surface area contributed by atoms with E-state index in [9.17, 15) is 14.0 Å². The molecule has 1 heterocycles. The predicted octanol–water partition coefficient (Wildman–Crippen LogP) is 5.72. The SMILES string of the molecule is Cc1nc2ccc(Br)cc2c(=O)n1N=Cc1cc(I)c(OCC(=O)Nc2cccc(F)c2)c(I)c1. The van der Waals surface area contributed by atoms with Crippen molar-refractivity contribution in [2.24, 2.45) is 5.10 Å². The standard InChI is InChI=1S/C24H16BrFI2N4O3/c1-13-30-21-6-5-15(25)9-18(21)24(34)32(13)29-11-14-7-19(27)23(20(28)8-14)35-12-22(33)31-17-4-2-3-16(26)10-17/h2-11H,12H2,1H3,(H,31,33). The van der Waals surface area contributed by atoms with Gasteiger partial charge in [0, 0.05) is 10.2 Å². The van der Waals surface area contributed by atoms with Gasteiger partial charge in [-0.1, -0.05) is 22.0 Å². The Labute approximate surface area is 235 Å². The number of rotatable bonds is 6. The molecular weight excluding hydrogens is 745 g/mol. The van der Waals surface area contributed by atoms with Crippen molar-refractivity contribution in [3.63, 3.8) is 0 Å². The fourth-order valence-corrected chi connectivity index (χ4v) is 5.70. The first-order valence-corrected chi connectivity index (χ1v) is 13.1. The molecule has 0 saturated carbocycles. The van der Waals surface area contributed by atoms with E-state index in [-0.39, 0.29) is 12.2 Å². The molecule has 1 N–H and O–H groups in total. The smallest absolute Gasteiger partial charge is 0.282 e. The number of aryl methyl sites for hydroxylation is 1. The van der Waals surface area contributed by atoms with Crippen molar-refractivity contribution in [3.8, 4) is 5.75 Å². The Morgan fingerprint density at radius 3 is 2.66 bits per heavy atom. The molecule has 7 nitrogen and oxygen atoms in total. The number of hydrogen-bond acceptors (Lipinski definition) is 5. The van der Waals surface area contributed by atoms with Crippen LogP contribution in [-0.4, -0.2) is 28.4 Å². The average molecular weight is 761 g/mol. The molecule has 0 atom stereocenters. The molecule has 0 saturated heterocycles. The first-order chi connectivity index (χ1) is 16.7. The van der Waals surface area contributed by atoms with Crippen LogP contribution < -0.4 is 15.6 Å². The van der Waals surface area contributed by atoms with Crippen molar-refractivity contribution in [1.82, 2.24) is 9.66 Å². The van der Waals surface area contributed by atoms with Gasteiger partial charge in [0.05, 0.1) is 24.3 Å². The number of nitrogens with zero attached hydrogens (tertiary/aromatic N) is 3. The van der Waals surface area contributed by atoms with Crippen LogP contribution in [0.4, 0.5) is 10.1 Å². The van der Waals surface area contributed by atoms with Crippen molar-refractivity contribution < 1.29 is 13.9 Å². The van der Waals surface area contributed by atoms with E-state index in [0.717, 1.165) is 17.2 Å². The molecule has 1 amide bonds. The molecule has 0 bridgehead atoms. The maximum Gasteiger partial charge on any atom is 0.282 e. The Morgan fingerprint density at radius 2 is 1.94 bits per heavy atom. The van der Waals surface area contributed by atoms with E-state index in [1.54, 1.807) is 31.3 Å². The Kier molecular flexibility index (Phi) is 8.16. The summed E-state index contributed by atoms with van der Waals surface area (Å²) in [6, 6.07) is 14.6. The molecule has 0 aliphatic carbocycles. The summed E-state index contributed by atoms with van der Waals surface area (Å²) in [7, 11) is 0. The summed E-state index contributed by atoms with van der Waals surface area (Å²) in [6.07, 6.45) is 1.57.